The van der Waals surface area contributed by atoms with Gasteiger partial charge in [0.25, 0.3) is 5.89 Å². The van der Waals surface area contributed by atoms with Crippen LogP contribution in [0.1, 0.15) is 0 Å². The summed E-state index contributed by atoms with van der Waals surface area (Å²) < 4.78 is 18.0. The van der Waals surface area contributed by atoms with E-state index in [1.54, 1.807) is 12.1 Å². The molecule has 0 fully saturated rings. The average molecular weight is 478 g/mol. The maximum Gasteiger partial charge on any atom is 0.349 e. The molecule has 2 aromatic heterocycles. The minimum Gasteiger partial charge on any atom is -0.493 e. The van der Waals surface area contributed by atoms with Crippen LogP contribution in [0, 0.1) is 0 Å². The van der Waals surface area contributed by atoms with Gasteiger partial charge in [-0.15, -0.1) is 10.2 Å². The van der Waals surface area contributed by atoms with Gasteiger partial charge in [0, 0.05) is 19.9 Å². The van der Waals surface area contributed by atoms with Crippen LogP contribution in [0.5, 0.6) is 5.75 Å². The first kappa shape index (κ1) is 17.0. The Hall–Kier alpha value is -2.45. The van der Waals surface area contributed by atoms with E-state index in [2.05, 4.69) is 42.1 Å². The second-order valence-corrected chi connectivity index (χ2v) is 7.13. The van der Waals surface area contributed by atoms with E-state index in [9.17, 15) is 4.79 Å². The fourth-order valence-corrected chi connectivity index (χ4v) is 3.35. The van der Waals surface area contributed by atoms with Crippen molar-refractivity contribution in [3.8, 4) is 28.7 Å². The summed E-state index contributed by atoms with van der Waals surface area (Å²) in [7, 11) is 1.51. The summed E-state index contributed by atoms with van der Waals surface area (Å²) in [5, 5.41) is 8.69. The Bertz CT molecular complexity index is 1180. The molecule has 6 nitrogen and oxygen atoms in total. The normalized spacial score (nSPS) is 11.0. The van der Waals surface area contributed by atoms with Crippen molar-refractivity contribution in [2.75, 3.05) is 7.11 Å². The molecule has 4 rings (SSSR count). The third-order valence-corrected chi connectivity index (χ3v) is 4.94. The summed E-state index contributed by atoms with van der Waals surface area (Å²) in [5.41, 5.74) is 0.687. The van der Waals surface area contributed by atoms with Crippen LogP contribution in [0.15, 0.2) is 65.0 Å². The van der Waals surface area contributed by atoms with E-state index < -0.39 is 5.63 Å². The van der Waals surface area contributed by atoms with Gasteiger partial charge in [0.1, 0.15) is 5.56 Å². The van der Waals surface area contributed by atoms with Gasteiger partial charge < -0.3 is 13.6 Å². The zero-order valence-electron chi connectivity index (χ0n) is 13.3. The number of methoxy groups -OCH3 is 1. The lowest BCUT2D eigenvalue weighted by molar-refractivity contribution is 0.406. The standard InChI is InChI=1S/C18H10Br2N2O4/c1-24-14-6-5-13(20)11-8-12(18(23)25-15(11)14)17-22-21-16(26-17)9-3-2-4-10(19)7-9/h2-8H,1H3. The van der Waals surface area contributed by atoms with Gasteiger partial charge >= 0.3 is 5.63 Å². The van der Waals surface area contributed by atoms with Crippen LogP contribution in [-0.4, -0.2) is 17.3 Å². The smallest absolute Gasteiger partial charge is 0.349 e. The Morgan fingerprint density at radius 2 is 1.81 bits per heavy atom. The molecule has 2 heterocycles. The van der Waals surface area contributed by atoms with Gasteiger partial charge in [0.2, 0.25) is 5.89 Å². The molecule has 0 atom stereocenters. The summed E-state index contributed by atoms with van der Waals surface area (Å²) in [6, 6.07) is 12.6. The highest BCUT2D eigenvalue weighted by molar-refractivity contribution is 9.11. The van der Waals surface area contributed by atoms with Crippen LogP contribution < -0.4 is 10.4 Å². The number of hydrogen-bond donors (Lipinski definition) is 0. The van der Waals surface area contributed by atoms with Crippen molar-refractivity contribution in [2.24, 2.45) is 0 Å². The highest BCUT2D eigenvalue weighted by Gasteiger charge is 2.18. The third-order valence-electron chi connectivity index (χ3n) is 3.76. The van der Waals surface area contributed by atoms with Crippen molar-refractivity contribution in [1.29, 1.82) is 0 Å². The first-order valence-corrected chi connectivity index (χ1v) is 9.05. The summed E-state index contributed by atoms with van der Waals surface area (Å²) in [6.45, 7) is 0. The monoisotopic (exact) mass is 476 g/mol. The van der Waals surface area contributed by atoms with Gasteiger partial charge in [-0.2, -0.15) is 0 Å². The van der Waals surface area contributed by atoms with Crippen LogP contribution in [0.25, 0.3) is 33.9 Å². The van der Waals surface area contributed by atoms with Crippen molar-refractivity contribution in [3.63, 3.8) is 0 Å². The van der Waals surface area contributed by atoms with Crippen molar-refractivity contribution in [3.05, 3.63) is 61.8 Å². The van der Waals surface area contributed by atoms with Gasteiger partial charge in [0.15, 0.2) is 11.3 Å². The fraction of sp³-hybridized carbons (Fsp3) is 0.0556. The number of benzene rings is 2. The highest BCUT2D eigenvalue weighted by atomic mass is 79.9. The SMILES string of the molecule is COc1ccc(Br)c2cc(-c3nnc(-c4cccc(Br)c4)o3)c(=O)oc12. The second-order valence-electron chi connectivity index (χ2n) is 5.36. The lowest BCUT2D eigenvalue weighted by Crippen LogP contribution is -2.03. The summed E-state index contributed by atoms with van der Waals surface area (Å²) in [6.07, 6.45) is 0. The van der Waals surface area contributed by atoms with E-state index in [0.29, 0.717) is 22.6 Å². The predicted molar refractivity (Wildman–Crippen MR) is 103 cm³/mol. The number of rotatable bonds is 3. The molecule has 0 bridgehead atoms. The molecule has 26 heavy (non-hydrogen) atoms. The molecule has 0 saturated heterocycles. The number of ether oxygens (including phenoxy) is 1. The summed E-state index contributed by atoms with van der Waals surface area (Å²) in [5.74, 6) is 0.864. The maximum absolute atomic E-state index is 12.4. The molecule has 0 saturated carbocycles. The molecule has 0 amide bonds. The first-order chi connectivity index (χ1) is 12.6. The predicted octanol–water partition coefficient (Wildman–Crippen LogP) is 5.04. The molecule has 0 aliphatic heterocycles. The molecule has 2 aromatic carbocycles. The van der Waals surface area contributed by atoms with E-state index in [-0.39, 0.29) is 11.5 Å². The van der Waals surface area contributed by atoms with Gasteiger partial charge in [-0.25, -0.2) is 4.79 Å². The lowest BCUT2D eigenvalue weighted by atomic mass is 10.1. The van der Waals surface area contributed by atoms with Crippen LogP contribution >= 0.6 is 31.9 Å². The van der Waals surface area contributed by atoms with Crippen LogP contribution in [0.2, 0.25) is 0 Å². The highest BCUT2D eigenvalue weighted by Crippen LogP contribution is 2.33. The maximum atomic E-state index is 12.4. The van der Waals surface area contributed by atoms with Crippen molar-refractivity contribution < 1.29 is 13.6 Å². The number of hydrogen-bond acceptors (Lipinski definition) is 6. The van der Waals surface area contributed by atoms with Crippen molar-refractivity contribution in [2.45, 2.75) is 0 Å². The Morgan fingerprint density at radius 3 is 2.58 bits per heavy atom. The Morgan fingerprint density at radius 1 is 1.00 bits per heavy atom. The zero-order valence-corrected chi connectivity index (χ0v) is 16.5. The molecule has 8 heteroatoms. The van der Waals surface area contributed by atoms with Gasteiger partial charge in [-0.1, -0.05) is 37.9 Å². The number of nitrogens with zero attached hydrogens (tertiary/aromatic N) is 2. The Labute approximate surface area is 164 Å². The van der Waals surface area contributed by atoms with Gasteiger partial charge in [-0.3, -0.25) is 0 Å². The molecular weight excluding hydrogens is 468 g/mol. The largest absolute Gasteiger partial charge is 0.493 e. The van der Waals surface area contributed by atoms with E-state index >= 15 is 0 Å². The van der Waals surface area contributed by atoms with E-state index in [1.807, 2.05) is 30.3 Å². The molecule has 0 aliphatic carbocycles. The average Bonchev–Trinajstić information content (AvgIpc) is 3.12. The lowest BCUT2D eigenvalue weighted by Gasteiger charge is -2.06. The Kier molecular flexibility index (Phi) is 4.37. The van der Waals surface area contributed by atoms with Crippen molar-refractivity contribution >= 4 is 42.8 Å². The molecule has 0 unspecified atom stereocenters. The summed E-state index contributed by atoms with van der Waals surface area (Å²) in [4.78, 5) is 12.4. The summed E-state index contributed by atoms with van der Waals surface area (Å²) >= 11 is 6.85. The van der Waals surface area contributed by atoms with E-state index in [0.717, 1.165) is 14.5 Å². The zero-order chi connectivity index (χ0) is 18.3. The molecule has 0 radical (unpaired) electrons. The first-order valence-electron chi connectivity index (χ1n) is 7.47. The molecule has 4 aromatic rings. The number of aromatic nitrogens is 2. The molecule has 0 N–H and O–H groups in total. The van der Waals surface area contributed by atoms with Crippen LogP contribution in [0.4, 0.5) is 0 Å². The number of fused-ring (bicyclic) bond motifs is 1. The van der Waals surface area contributed by atoms with Crippen molar-refractivity contribution in [1.82, 2.24) is 10.2 Å². The van der Waals surface area contributed by atoms with Crippen LogP contribution in [-0.2, 0) is 0 Å². The van der Waals surface area contributed by atoms with Gasteiger partial charge in [0.05, 0.1) is 7.11 Å². The Balaban J connectivity index is 1.86. The molecule has 130 valence electrons. The molecular formula is C18H10Br2N2O4. The fourth-order valence-electron chi connectivity index (χ4n) is 2.53. The quantitative estimate of drug-likeness (QED) is 0.384. The third kappa shape index (κ3) is 2.95. The topological polar surface area (TPSA) is 78.4 Å². The second kappa shape index (κ2) is 6.69. The van der Waals surface area contributed by atoms with E-state index in [4.69, 9.17) is 13.6 Å². The van der Waals surface area contributed by atoms with Gasteiger partial charge in [-0.05, 0) is 36.4 Å². The minimum absolute atomic E-state index is 0.0883. The molecule has 0 aliphatic rings. The number of halogens is 2. The van der Waals surface area contributed by atoms with E-state index in [1.165, 1.54) is 7.11 Å². The molecule has 0 spiro atoms. The van der Waals surface area contributed by atoms with Crippen LogP contribution in [0.3, 0.4) is 0 Å². The minimum atomic E-state index is -0.585.